The molecule has 0 aromatic carbocycles. The van der Waals surface area contributed by atoms with E-state index < -0.39 is 0 Å². The topological polar surface area (TPSA) is 17.1 Å². The molecule has 1 aromatic heterocycles. The molecule has 1 aromatic rings. The molecule has 0 unspecified atom stereocenters. The van der Waals surface area contributed by atoms with Crippen LogP contribution in [0, 0.1) is 13.8 Å². The van der Waals surface area contributed by atoms with Gasteiger partial charge in [-0.05, 0) is 31.7 Å². The van der Waals surface area contributed by atoms with Crippen LogP contribution in [0.15, 0.2) is 6.07 Å². The normalized spacial score (nSPS) is 10.4. The molecule has 0 saturated carbocycles. The molecule has 1 nitrogen and oxygen atoms in total. The quantitative estimate of drug-likeness (QED) is 0.715. The highest BCUT2D eigenvalue weighted by Gasteiger charge is 2.09. The average Bonchev–Trinajstić information content (AvgIpc) is 2.43. The summed E-state index contributed by atoms with van der Waals surface area (Å²) in [5.41, 5.74) is 1.23. The molecule has 1 heterocycles. The fourth-order valence-electron chi connectivity index (χ4n) is 1.03. The summed E-state index contributed by atoms with van der Waals surface area (Å²) in [5.74, 6) is 1.21. The standard InChI is InChI=1S/C10H14OS2/c1-7-6-10(13-8(7)2)9(11)4-5-12-3/h6H,4-5H2,1-3H3. The van der Waals surface area contributed by atoms with Crippen LogP contribution in [0.4, 0.5) is 0 Å². The van der Waals surface area contributed by atoms with Crippen molar-refractivity contribution in [2.24, 2.45) is 0 Å². The van der Waals surface area contributed by atoms with Crippen molar-refractivity contribution in [3.05, 3.63) is 21.4 Å². The van der Waals surface area contributed by atoms with E-state index in [1.807, 2.05) is 12.3 Å². The smallest absolute Gasteiger partial charge is 0.173 e. The van der Waals surface area contributed by atoms with Crippen molar-refractivity contribution < 1.29 is 4.79 Å². The van der Waals surface area contributed by atoms with Crippen molar-refractivity contribution in [3.8, 4) is 0 Å². The van der Waals surface area contributed by atoms with E-state index in [1.54, 1.807) is 23.1 Å². The molecule has 0 N–H and O–H groups in total. The first kappa shape index (κ1) is 10.8. The molecular formula is C10H14OS2. The summed E-state index contributed by atoms with van der Waals surface area (Å²) in [6.45, 7) is 4.11. The van der Waals surface area contributed by atoms with Crippen LogP contribution in [-0.4, -0.2) is 17.8 Å². The van der Waals surface area contributed by atoms with Gasteiger partial charge in [0, 0.05) is 17.1 Å². The second kappa shape index (κ2) is 4.82. The van der Waals surface area contributed by atoms with E-state index >= 15 is 0 Å². The zero-order chi connectivity index (χ0) is 9.84. The molecule has 0 fully saturated rings. The number of hydrogen-bond donors (Lipinski definition) is 0. The summed E-state index contributed by atoms with van der Waals surface area (Å²) in [7, 11) is 0. The Balaban J connectivity index is 2.66. The van der Waals surface area contributed by atoms with E-state index in [9.17, 15) is 4.79 Å². The summed E-state index contributed by atoms with van der Waals surface area (Å²) < 4.78 is 0. The van der Waals surface area contributed by atoms with Gasteiger partial charge in [0.25, 0.3) is 0 Å². The molecule has 0 amide bonds. The highest BCUT2D eigenvalue weighted by atomic mass is 32.2. The Morgan fingerprint density at radius 1 is 1.54 bits per heavy atom. The third-order valence-corrected chi connectivity index (χ3v) is 3.78. The van der Waals surface area contributed by atoms with Crippen LogP contribution in [0.5, 0.6) is 0 Å². The molecule has 0 spiro atoms. The van der Waals surface area contributed by atoms with Crippen molar-refractivity contribution in [1.82, 2.24) is 0 Å². The fourth-order valence-corrected chi connectivity index (χ4v) is 2.42. The van der Waals surface area contributed by atoms with Crippen LogP contribution in [0.3, 0.4) is 0 Å². The first-order valence-electron chi connectivity index (χ1n) is 4.24. The summed E-state index contributed by atoms with van der Waals surface area (Å²) in [6, 6.07) is 2.00. The third-order valence-electron chi connectivity index (χ3n) is 1.97. The molecule has 0 radical (unpaired) electrons. The van der Waals surface area contributed by atoms with Gasteiger partial charge >= 0.3 is 0 Å². The number of hydrogen-bond acceptors (Lipinski definition) is 3. The van der Waals surface area contributed by atoms with Gasteiger partial charge in [-0.1, -0.05) is 0 Å². The van der Waals surface area contributed by atoms with Gasteiger partial charge in [-0.25, -0.2) is 0 Å². The van der Waals surface area contributed by atoms with E-state index in [2.05, 4.69) is 13.8 Å². The molecule has 0 aliphatic rings. The van der Waals surface area contributed by atoms with Gasteiger partial charge < -0.3 is 0 Å². The number of ketones is 1. The molecule has 0 atom stereocenters. The fraction of sp³-hybridized carbons (Fsp3) is 0.500. The molecule has 0 aliphatic heterocycles. The van der Waals surface area contributed by atoms with Crippen LogP contribution < -0.4 is 0 Å². The van der Waals surface area contributed by atoms with Crippen LogP contribution in [-0.2, 0) is 0 Å². The minimum absolute atomic E-state index is 0.288. The van der Waals surface area contributed by atoms with Crippen molar-refractivity contribution >= 4 is 28.9 Å². The average molecular weight is 214 g/mol. The lowest BCUT2D eigenvalue weighted by molar-refractivity contribution is 0.0993. The summed E-state index contributed by atoms with van der Waals surface area (Å²) in [6.07, 6.45) is 2.69. The number of thiophene rings is 1. The first-order chi connectivity index (χ1) is 6.15. The van der Waals surface area contributed by atoms with Crippen molar-refractivity contribution in [2.75, 3.05) is 12.0 Å². The first-order valence-corrected chi connectivity index (χ1v) is 6.45. The molecule has 1 rings (SSSR count). The van der Waals surface area contributed by atoms with Crippen molar-refractivity contribution in [1.29, 1.82) is 0 Å². The van der Waals surface area contributed by atoms with E-state index in [4.69, 9.17) is 0 Å². The Bertz CT molecular complexity index is 282. The maximum atomic E-state index is 11.6. The Labute approximate surface area is 87.5 Å². The summed E-state index contributed by atoms with van der Waals surface area (Å²) in [4.78, 5) is 13.7. The predicted molar refractivity (Wildman–Crippen MR) is 61.1 cm³/mol. The van der Waals surface area contributed by atoms with Crippen LogP contribution in [0.2, 0.25) is 0 Å². The van der Waals surface area contributed by atoms with E-state index in [0.29, 0.717) is 6.42 Å². The number of Topliss-reactive ketones (excluding diaryl/α,β-unsaturated/α-hetero) is 1. The Morgan fingerprint density at radius 2 is 2.23 bits per heavy atom. The van der Waals surface area contributed by atoms with Crippen LogP contribution >= 0.6 is 23.1 Å². The van der Waals surface area contributed by atoms with E-state index in [1.165, 1.54) is 10.4 Å². The zero-order valence-electron chi connectivity index (χ0n) is 8.22. The second-order valence-electron chi connectivity index (χ2n) is 3.02. The predicted octanol–water partition coefficient (Wildman–Crippen LogP) is 3.30. The highest BCUT2D eigenvalue weighted by Crippen LogP contribution is 2.22. The number of carbonyl (C=O) groups is 1. The van der Waals surface area contributed by atoms with Gasteiger partial charge in [-0.3, -0.25) is 4.79 Å². The van der Waals surface area contributed by atoms with Gasteiger partial charge in [-0.2, -0.15) is 11.8 Å². The summed E-state index contributed by atoms with van der Waals surface area (Å²) in [5, 5.41) is 0. The van der Waals surface area contributed by atoms with Crippen LogP contribution in [0.1, 0.15) is 26.5 Å². The molecular weight excluding hydrogens is 200 g/mol. The number of rotatable bonds is 4. The number of carbonyl (C=O) groups excluding carboxylic acids is 1. The maximum absolute atomic E-state index is 11.6. The number of thioether (sulfide) groups is 1. The van der Waals surface area contributed by atoms with Gasteiger partial charge in [0.1, 0.15) is 0 Å². The van der Waals surface area contributed by atoms with Gasteiger partial charge in [0.15, 0.2) is 5.78 Å². The SMILES string of the molecule is CSCCC(=O)c1cc(C)c(C)s1. The zero-order valence-corrected chi connectivity index (χ0v) is 9.85. The lowest BCUT2D eigenvalue weighted by Crippen LogP contribution is -1.96. The molecule has 13 heavy (non-hydrogen) atoms. The molecule has 0 saturated heterocycles. The third kappa shape index (κ3) is 2.85. The maximum Gasteiger partial charge on any atom is 0.173 e. The van der Waals surface area contributed by atoms with Crippen molar-refractivity contribution in [3.63, 3.8) is 0 Å². The lowest BCUT2D eigenvalue weighted by atomic mass is 10.2. The Kier molecular flexibility index (Phi) is 4.00. The molecule has 3 heteroatoms. The minimum Gasteiger partial charge on any atom is -0.293 e. The Morgan fingerprint density at radius 3 is 2.69 bits per heavy atom. The second-order valence-corrected chi connectivity index (χ2v) is 5.26. The van der Waals surface area contributed by atoms with Gasteiger partial charge in [0.2, 0.25) is 0 Å². The lowest BCUT2D eigenvalue weighted by Gasteiger charge is -1.93. The molecule has 0 bridgehead atoms. The Hall–Kier alpha value is -0.280. The van der Waals surface area contributed by atoms with E-state index in [-0.39, 0.29) is 5.78 Å². The van der Waals surface area contributed by atoms with Crippen molar-refractivity contribution in [2.45, 2.75) is 20.3 Å². The van der Waals surface area contributed by atoms with Gasteiger partial charge in [0.05, 0.1) is 4.88 Å². The monoisotopic (exact) mass is 214 g/mol. The van der Waals surface area contributed by atoms with Gasteiger partial charge in [-0.15, -0.1) is 11.3 Å². The molecule has 0 aliphatic carbocycles. The minimum atomic E-state index is 0.288. The number of aryl methyl sites for hydroxylation is 2. The molecule has 72 valence electrons. The largest absolute Gasteiger partial charge is 0.293 e. The van der Waals surface area contributed by atoms with E-state index in [0.717, 1.165) is 10.6 Å². The highest BCUT2D eigenvalue weighted by molar-refractivity contribution is 7.98. The van der Waals surface area contributed by atoms with Crippen LogP contribution in [0.25, 0.3) is 0 Å². The summed E-state index contributed by atoms with van der Waals surface area (Å²) >= 11 is 3.33.